The topological polar surface area (TPSA) is 278 Å². The molecule has 0 fully saturated rings. The summed E-state index contributed by atoms with van der Waals surface area (Å²) in [5, 5.41) is 87.1. The third-order valence-electron chi connectivity index (χ3n) is 5.04. The zero-order valence-corrected chi connectivity index (χ0v) is 20.8. The van der Waals surface area contributed by atoms with Gasteiger partial charge in [0.15, 0.2) is 17.2 Å². The van der Waals surface area contributed by atoms with Crippen LogP contribution in [0, 0.1) is 31.6 Å². The highest BCUT2D eigenvalue weighted by atomic mass is 16.6. The molecule has 7 N–H and O–H groups in total. The zero-order valence-electron chi connectivity index (χ0n) is 20.8. The molecule has 16 nitrogen and oxygen atoms in total. The minimum Gasteiger partial charge on any atom is -0.504 e. The molecule has 2 aromatic carbocycles. The Morgan fingerprint density at radius 1 is 0.925 bits per heavy atom. The van der Waals surface area contributed by atoms with E-state index in [1.807, 2.05) is 0 Å². The molecular weight excluding hydrogens is 536 g/mol. The second-order valence-corrected chi connectivity index (χ2v) is 8.00. The number of hydrogen-bond acceptors (Lipinski definition) is 12. The van der Waals surface area contributed by atoms with Gasteiger partial charge >= 0.3 is 11.7 Å². The van der Waals surface area contributed by atoms with E-state index in [1.165, 1.54) is 0 Å². The van der Waals surface area contributed by atoms with E-state index in [1.54, 1.807) is 6.07 Å². The molecule has 0 saturated carbocycles. The predicted octanol–water partition coefficient (Wildman–Crippen LogP) is 2.21. The molecule has 2 rings (SSSR count). The highest BCUT2D eigenvalue weighted by molar-refractivity contribution is 6.01. The van der Waals surface area contributed by atoms with Crippen molar-refractivity contribution in [2.45, 2.75) is 32.1 Å². The molecular formula is C24H26N4O12. The molecule has 0 heterocycles. The SMILES string of the molecule is N#CC(=Cc1cc(O)c(O)c([N+](=O)[O-])c1)C(=O)NCCCO.O=C(O)CCCCc1cc(O)c(O)cc1[N+](=O)[O-]. The van der Waals surface area contributed by atoms with Crippen molar-refractivity contribution in [1.29, 1.82) is 5.26 Å². The van der Waals surface area contributed by atoms with E-state index >= 15 is 0 Å². The van der Waals surface area contributed by atoms with Crippen LogP contribution in [0.2, 0.25) is 0 Å². The van der Waals surface area contributed by atoms with Gasteiger partial charge in [-0.25, -0.2) is 0 Å². The fourth-order valence-corrected chi connectivity index (χ4v) is 3.11. The van der Waals surface area contributed by atoms with Crippen molar-refractivity contribution in [1.82, 2.24) is 5.32 Å². The summed E-state index contributed by atoms with van der Waals surface area (Å²) in [6.45, 7) is 0.0409. The van der Waals surface area contributed by atoms with Crippen molar-refractivity contribution in [2.24, 2.45) is 0 Å². The van der Waals surface area contributed by atoms with Crippen molar-refractivity contribution < 1.29 is 50.1 Å². The number of nitro groups is 2. The summed E-state index contributed by atoms with van der Waals surface area (Å²) in [6.07, 6.45) is 2.48. The Hall–Kier alpha value is -5.43. The maximum absolute atomic E-state index is 11.7. The zero-order chi connectivity index (χ0) is 30.4. The first-order valence-corrected chi connectivity index (χ1v) is 11.4. The highest BCUT2D eigenvalue weighted by Crippen LogP contribution is 2.36. The lowest BCUT2D eigenvalue weighted by Crippen LogP contribution is -2.26. The van der Waals surface area contributed by atoms with Gasteiger partial charge < -0.3 is 36.0 Å². The van der Waals surface area contributed by atoms with Crippen molar-refractivity contribution >= 4 is 29.3 Å². The van der Waals surface area contributed by atoms with Crippen LogP contribution in [-0.4, -0.2) is 65.5 Å². The first-order chi connectivity index (χ1) is 18.8. The number of carbonyl (C=O) groups is 2. The standard InChI is InChI=1S/C13H13N3O6.C11H13NO6/c14-7-9(13(20)15-2-1-3-17)4-8-5-10(16(21)22)12(19)11(18)6-8;13-9-5-7(3-1-2-4-11(15)16)8(12(17)18)6-10(9)14/h4-6,17-19H,1-3H2,(H,15,20);5-6,13-14H,1-4H2,(H,15,16). The number of carbonyl (C=O) groups excluding carboxylic acids is 1. The summed E-state index contributed by atoms with van der Waals surface area (Å²) in [5.74, 6) is -4.24. The number of nitriles is 1. The van der Waals surface area contributed by atoms with Crippen molar-refractivity contribution in [2.75, 3.05) is 13.2 Å². The maximum atomic E-state index is 11.7. The average Bonchev–Trinajstić information content (AvgIpc) is 2.88. The molecule has 0 unspecified atom stereocenters. The van der Waals surface area contributed by atoms with E-state index in [0.29, 0.717) is 19.3 Å². The number of nitrogens with one attached hydrogen (secondary N) is 1. The molecule has 0 aliphatic rings. The van der Waals surface area contributed by atoms with E-state index in [9.17, 15) is 50.2 Å². The number of hydrogen-bond donors (Lipinski definition) is 7. The summed E-state index contributed by atoms with van der Waals surface area (Å²) in [6, 6.07) is 5.57. The van der Waals surface area contributed by atoms with Crippen molar-refractivity contribution in [3.63, 3.8) is 0 Å². The number of phenolic OH excluding ortho intramolecular Hbond substituents is 4. The number of nitrogens with zero attached hydrogens (tertiary/aromatic N) is 3. The second-order valence-electron chi connectivity index (χ2n) is 8.00. The summed E-state index contributed by atoms with van der Waals surface area (Å²) in [5.41, 5.74) is -1.07. The van der Waals surface area contributed by atoms with Gasteiger partial charge in [-0.05, 0) is 49.5 Å². The lowest BCUT2D eigenvalue weighted by molar-refractivity contribution is -0.386. The van der Waals surface area contributed by atoms with Crippen molar-refractivity contribution in [3.8, 4) is 29.1 Å². The Kier molecular flexibility index (Phi) is 12.8. The van der Waals surface area contributed by atoms with E-state index in [4.69, 9.17) is 15.5 Å². The molecule has 0 aliphatic carbocycles. The van der Waals surface area contributed by atoms with Gasteiger partial charge in [0.25, 0.3) is 11.6 Å². The number of aliphatic carboxylic acids is 1. The van der Waals surface area contributed by atoms with Crippen molar-refractivity contribution in [3.05, 3.63) is 61.2 Å². The summed E-state index contributed by atoms with van der Waals surface area (Å²) >= 11 is 0. The van der Waals surface area contributed by atoms with E-state index < -0.39 is 50.4 Å². The second kappa shape index (κ2) is 15.7. The monoisotopic (exact) mass is 562 g/mol. The van der Waals surface area contributed by atoms with Gasteiger partial charge in [-0.3, -0.25) is 29.8 Å². The number of phenols is 4. The van der Waals surface area contributed by atoms with Crippen LogP contribution in [0.25, 0.3) is 6.08 Å². The van der Waals surface area contributed by atoms with Gasteiger partial charge in [0, 0.05) is 31.2 Å². The summed E-state index contributed by atoms with van der Waals surface area (Å²) in [4.78, 5) is 41.9. The number of carboxylic acid groups (broad SMARTS) is 1. The van der Waals surface area contributed by atoms with Gasteiger partial charge in [-0.2, -0.15) is 5.26 Å². The number of aryl methyl sites for hydroxylation is 1. The number of rotatable bonds is 12. The van der Waals surface area contributed by atoms with Crippen LogP contribution < -0.4 is 5.32 Å². The molecule has 2 aromatic rings. The summed E-state index contributed by atoms with van der Waals surface area (Å²) in [7, 11) is 0. The number of carboxylic acids is 1. The van der Waals surface area contributed by atoms with E-state index in [2.05, 4.69) is 5.32 Å². The number of amides is 1. The third kappa shape index (κ3) is 10.1. The van der Waals surface area contributed by atoms with Crippen LogP contribution >= 0.6 is 0 Å². The average molecular weight is 562 g/mol. The molecule has 1 amide bonds. The molecule has 0 radical (unpaired) electrons. The first kappa shape index (κ1) is 32.6. The molecule has 0 atom stereocenters. The van der Waals surface area contributed by atoms with Gasteiger partial charge in [-0.1, -0.05) is 0 Å². The lowest BCUT2D eigenvalue weighted by Gasteiger charge is -2.05. The normalized spacial score (nSPS) is 10.6. The van der Waals surface area contributed by atoms with Crippen LogP contribution in [0.3, 0.4) is 0 Å². The maximum Gasteiger partial charge on any atom is 0.315 e. The van der Waals surface area contributed by atoms with Gasteiger partial charge in [0.1, 0.15) is 11.6 Å². The van der Waals surface area contributed by atoms with E-state index in [-0.39, 0.29) is 48.4 Å². The van der Waals surface area contributed by atoms with Crippen LogP contribution in [-0.2, 0) is 16.0 Å². The first-order valence-electron chi connectivity index (χ1n) is 11.4. The largest absolute Gasteiger partial charge is 0.504 e. The molecule has 40 heavy (non-hydrogen) atoms. The quantitative estimate of drug-likeness (QED) is 0.0488. The van der Waals surface area contributed by atoms with Gasteiger partial charge in [-0.15, -0.1) is 0 Å². The molecule has 0 aliphatic heterocycles. The number of aromatic hydroxyl groups is 4. The fourth-order valence-electron chi connectivity index (χ4n) is 3.11. The summed E-state index contributed by atoms with van der Waals surface area (Å²) < 4.78 is 0. The fraction of sp³-hybridized carbons (Fsp3) is 0.292. The third-order valence-corrected chi connectivity index (χ3v) is 5.04. The number of aliphatic hydroxyl groups excluding tert-OH is 1. The number of unbranched alkanes of at least 4 members (excludes halogenated alkanes) is 1. The molecule has 0 aromatic heterocycles. The van der Waals surface area contributed by atoms with Crippen LogP contribution in [0.15, 0.2) is 29.8 Å². The predicted molar refractivity (Wildman–Crippen MR) is 136 cm³/mol. The van der Waals surface area contributed by atoms with Gasteiger partial charge in [0.2, 0.25) is 5.75 Å². The Morgan fingerprint density at radius 2 is 1.55 bits per heavy atom. The smallest absolute Gasteiger partial charge is 0.315 e. The van der Waals surface area contributed by atoms with Crippen LogP contribution in [0.1, 0.15) is 36.8 Å². The number of aliphatic hydroxyl groups is 1. The Balaban J connectivity index is 0.000000408. The van der Waals surface area contributed by atoms with Gasteiger partial charge in [0.05, 0.1) is 15.9 Å². The molecule has 16 heteroatoms. The van der Waals surface area contributed by atoms with E-state index in [0.717, 1.165) is 30.3 Å². The Bertz CT molecular complexity index is 1330. The van der Waals surface area contributed by atoms with Crippen LogP contribution in [0.5, 0.6) is 23.0 Å². The lowest BCUT2D eigenvalue weighted by atomic mass is 10.0. The molecule has 0 spiro atoms. The molecule has 0 saturated heterocycles. The van der Waals surface area contributed by atoms with Crippen LogP contribution in [0.4, 0.5) is 11.4 Å². The molecule has 0 bridgehead atoms. The Morgan fingerprint density at radius 3 is 2.10 bits per heavy atom. The Labute approximate surface area is 226 Å². The minimum absolute atomic E-state index is 0.00212. The molecule has 214 valence electrons. The highest BCUT2D eigenvalue weighted by Gasteiger charge is 2.19. The minimum atomic E-state index is -0.918. The number of nitro benzene ring substituents is 2. The number of benzene rings is 2.